The zero-order valence-corrected chi connectivity index (χ0v) is 14.6. The van der Waals surface area contributed by atoms with Gasteiger partial charge in [0, 0.05) is 17.7 Å². The number of Topliss-reactive ketones (excluding diaryl/α,β-unsaturated/α-hetero) is 1. The number of carbonyl (C=O) groups is 2. The molecule has 2 aromatic carbocycles. The molecule has 0 atom stereocenters. The minimum absolute atomic E-state index is 0.00218. The van der Waals surface area contributed by atoms with Crippen LogP contribution in [0.3, 0.4) is 0 Å². The van der Waals surface area contributed by atoms with Crippen LogP contribution in [0.15, 0.2) is 48.5 Å². The summed E-state index contributed by atoms with van der Waals surface area (Å²) in [5.41, 5.74) is 1.30. The number of rotatable bonds is 9. The van der Waals surface area contributed by atoms with E-state index >= 15 is 0 Å². The van der Waals surface area contributed by atoms with E-state index < -0.39 is 0 Å². The Morgan fingerprint density at radius 3 is 2.20 bits per heavy atom. The summed E-state index contributed by atoms with van der Waals surface area (Å²) in [6, 6.07) is 14.3. The second-order valence-corrected chi connectivity index (χ2v) is 5.51. The second kappa shape index (κ2) is 9.47. The Kier molecular flexibility index (Phi) is 7.01. The number of benzene rings is 2. The van der Waals surface area contributed by atoms with Crippen LogP contribution in [0.25, 0.3) is 0 Å². The van der Waals surface area contributed by atoms with Crippen molar-refractivity contribution in [1.82, 2.24) is 0 Å². The molecule has 0 fully saturated rings. The van der Waals surface area contributed by atoms with Gasteiger partial charge in [-0.05, 0) is 56.7 Å². The van der Waals surface area contributed by atoms with Gasteiger partial charge in [0.25, 0.3) is 0 Å². The van der Waals surface area contributed by atoms with Crippen LogP contribution < -0.4 is 14.8 Å². The van der Waals surface area contributed by atoms with Crippen molar-refractivity contribution in [1.29, 1.82) is 0 Å². The Hall–Kier alpha value is -2.82. The fourth-order valence-corrected chi connectivity index (χ4v) is 2.27. The Balaban J connectivity index is 1.74. The summed E-state index contributed by atoms with van der Waals surface area (Å²) in [5.74, 6) is 1.31. The molecule has 0 aliphatic rings. The maximum absolute atomic E-state index is 12.0. The summed E-state index contributed by atoms with van der Waals surface area (Å²) in [6.07, 6.45) is 0.948. The average Bonchev–Trinajstić information content (AvgIpc) is 2.61. The molecule has 132 valence electrons. The molecule has 5 nitrogen and oxygen atoms in total. The molecule has 2 aromatic rings. The summed E-state index contributed by atoms with van der Waals surface area (Å²) in [7, 11) is 0. The molecule has 0 aliphatic heterocycles. The highest BCUT2D eigenvalue weighted by molar-refractivity contribution is 5.95. The first-order valence-corrected chi connectivity index (χ1v) is 8.35. The van der Waals surface area contributed by atoms with Crippen LogP contribution in [0, 0.1) is 0 Å². The van der Waals surface area contributed by atoms with Gasteiger partial charge in [-0.25, -0.2) is 0 Å². The molecule has 1 amide bonds. The number of carbonyl (C=O) groups excluding carboxylic acids is 2. The monoisotopic (exact) mass is 341 g/mol. The molecule has 2 rings (SSSR count). The molecule has 25 heavy (non-hydrogen) atoms. The van der Waals surface area contributed by atoms with Crippen molar-refractivity contribution < 1.29 is 19.1 Å². The predicted octanol–water partition coefficient (Wildman–Crippen LogP) is 4.09. The normalized spacial score (nSPS) is 10.2. The summed E-state index contributed by atoms with van der Waals surface area (Å²) in [5, 5.41) is 2.81. The summed E-state index contributed by atoms with van der Waals surface area (Å²) >= 11 is 0. The van der Waals surface area contributed by atoms with Crippen LogP contribution in [0.1, 0.15) is 37.0 Å². The van der Waals surface area contributed by atoms with Gasteiger partial charge in [-0.2, -0.15) is 0 Å². The molecule has 1 N–H and O–H groups in total. The van der Waals surface area contributed by atoms with Crippen molar-refractivity contribution in [2.45, 2.75) is 26.7 Å². The third kappa shape index (κ3) is 5.95. The number of hydrogen-bond donors (Lipinski definition) is 1. The maximum atomic E-state index is 12.0. The van der Waals surface area contributed by atoms with Gasteiger partial charge in [0.2, 0.25) is 5.91 Å². The van der Waals surface area contributed by atoms with E-state index in [1.54, 1.807) is 24.3 Å². The fraction of sp³-hybridized carbons (Fsp3) is 0.300. The topological polar surface area (TPSA) is 64.6 Å². The van der Waals surface area contributed by atoms with Crippen LogP contribution in [0.4, 0.5) is 5.69 Å². The smallest absolute Gasteiger partial charge is 0.224 e. The van der Waals surface area contributed by atoms with Crippen molar-refractivity contribution in [2.24, 2.45) is 0 Å². The first kappa shape index (κ1) is 18.5. The zero-order chi connectivity index (χ0) is 18.1. The third-order valence-electron chi connectivity index (χ3n) is 3.53. The van der Waals surface area contributed by atoms with Gasteiger partial charge in [0.15, 0.2) is 17.3 Å². The molecule has 0 unspecified atom stereocenters. The van der Waals surface area contributed by atoms with E-state index in [1.807, 2.05) is 31.2 Å². The SMILES string of the molecule is CCOc1ccccc1OCCCC(=O)Nc1ccc(C(C)=O)cc1. The molecular weight excluding hydrogens is 318 g/mol. The molecule has 0 saturated carbocycles. The minimum atomic E-state index is -0.0859. The zero-order valence-electron chi connectivity index (χ0n) is 14.6. The average molecular weight is 341 g/mol. The lowest BCUT2D eigenvalue weighted by molar-refractivity contribution is -0.116. The largest absolute Gasteiger partial charge is 0.490 e. The van der Waals surface area contributed by atoms with E-state index in [1.165, 1.54) is 6.92 Å². The summed E-state index contributed by atoms with van der Waals surface area (Å²) in [4.78, 5) is 23.2. The van der Waals surface area contributed by atoms with Crippen molar-refractivity contribution in [3.8, 4) is 11.5 Å². The van der Waals surface area contributed by atoms with Crippen LogP contribution in [-0.2, 0) is 4.79 Å². The molecule has 0 aliphatic carbocycles. The number of amides is 1. The van der Waals surface area contributed by atoms with Crippen molar-refractivity contribution in [3.63, 3.8) is 0 Å². The number of ether oxygens (including phenoxy) is 2. The van der Waals surface area contributed by atoms with E-state index in [9.17, 15) is 9.59 Å². The molecule has 0 aromatic heterocycles. The van der Waals surface area contributed by atoms with Gasteiger partial charge in [0.05, 0.1) is 13.2 Å². The molecule has 0 radical (unpaired) electrons. The van der Waals surface area contributed by atoms with Gasteiger partial charge in [-0.3, -0.25) is 9.59 Å². The Morgan fingerprint density at radius 1 is 0.960 bits per heavy atom. The van der Waals surface area contributed by atoms with E-state index in [4.69, 9.17) is 9.47 Å². The number of ketones is 1. The number of anilines is 1. The quantitative estimate of drug-likeness (QED) is 0.551. The lowest BCUT2D eigenvalue weighted by Crippen LogP contribution is -2.13. The molecule has 0 spiro atoms. The van der Waals surface area contributed by atoms with Crippen molar-refractivity contribution >= 4 is 17.4 Å². The van der Waals surface area contributed by atoms with Gasteiger partial charge in [-0.15, -0.1) is 0 Å². The highest BCUT2D eigenvalue weighted by atomic mass is 16.5. The number of para-hydroxylation sites is 2. The van der Waals surface area contributed by atoms with E-state index in [2.05, 4.69) is 5.32 Å². The van der Waals surface area contributed by atoms with Gasteiger partial charge < -0.3 is 14.8 Å². The Labute approximate surface area is 148 Å². The molecule has 0 bridgehead atoms. The van der Waals surface area contributed by atoms with Crippen LogP contribution in [-0.4, -0.2) is 24.9 Å². The van der Waals surface area contributed by atoms with E-state index in [0.717, 1.165) is 0 Å². The maximum Gasteiger partial charge on any atom is 0.224 e. The van der Waals surface area contributed by atoms with Gasteiger partial charge in [-0.1, -0.05) is 12.1 Å². The van der Waals surface area contributed by atoms with Gasteiger partial charge >= 0.3 is 0 Å². The minimum Gasteiger partial charge on any atom is -0.490 e. The Morgan fingerprint density at radius 2 is 1.60 bits per heavy atom. The second-order valence-electron chi connectivity index (χ2n) is 5.51. The summed E-state index contributed by atoms with van der Waals surface area (Å²) < 4.78 is 11.2. The molecule has 0 heterocycles. The van der Waals surface area contributed by atoms with Crippen molar-refractivity contribution in [3.05, 3.63) is 54.1 Å². The summed E-state index contributed by atoms with van der Waals surface area (Å²) in [6.45, 7) is 4.44. The first-order chi connectivity index (χ1) is 12.1. The van der Waals surface area contributed by atoms with E-state index in [-0.39, 0.29) is 11.7 Å². The van der Waals surface area contributed by atoms with Crippen molar-refractivity contribution in [2.75, 3.05) is 18.5 Å². The Bertz CT molecular complexity index is 710. The lowest BCUT2D eigenvalue weighted by Gasteiger charge is -2.11. The van der Waals surface area contributed by atoms with Crippen LogP contribution in [0.2, 0.25) is 0 Å². The highest BCUT2D eigenvalue weighted by Gasteiger charge is 2.06. The lowest BCUT2D eigenvalue weighted by atomic mass is 10.1. The van der Waals surface area contributed by atoms with Gasteiger partial charge in [0.1, 0.15) is 0 Å². The molecule has 0 saturated heterocycles. The number of nitrogens with one attached hydrogen (secondary N) is 1. The van der Waals surface area contributed by atoms with Crippen LogP contribution >= 0.6 is 0 Å². The molecule has 5 heteroatoms. The first-order valence-electron chi connectivity index (χ1n) is 8.35. The van der Waals surface area contributed by atoms with E-state index in [0.29, 0.717) is 48.8 Å². The molecular formula is C20H23NO4. The number of hydrogen-bond acceptors (Lipinski definition) is 4. The standard InChI is InChI=1S/C20H23NO4/c1-3-24-18-7-4-5-8-19(18)25-14-6-9-20(23)21-17-12-10-16(11-13-17)15(2)22/h4-5,7-8,10-13H,3,6,9,14H2,1-2H3,(H,21,23). The third-order valence-corrected chi connectivity index (χ3v) is 3.53. The predicted molar refractivity (Wildman–Crippen MR) is 97.4 cm³/mol. The van der Waals surface area contributed by atoms with Crippen LogP contribution in [0.5, 0.6) is 11.5 Å². The highest BCUT2D eigenvalue weighted by Crippen LogP contribution is 2.26. The fourth-order valence-electron chi connectivity index (χ4n) is 2.27.